The second kappa shape index (κ2) is 7.36. The molecule has 0 amide bonds. The minimum atomic E-state index is -4.26. The molecule has 7 heteroatoms. The van der Waals surface area contributed by atoms with E-state index in [1.807, 2.05) is 0 Å². The van der Waals surface area contributed by atoms with E-state index >= 15 is 0 Å². The Hall–Kier alpha value is -0.850. The van der Waals surface area contributed by atoms with Crippen molar-refractivity contribution in [2.24, 2.45) is 0 Å². The molecule has 0 bridgehead atoms. The fourth-order valence-electron chi connectivity index (χ4n) is 3.04. The highest BCUT2D eigenvalue weighted by molar-refractivity contribution is 6.30. The van der Waals surface area contributed by atoms with Crippen molar-refractivity contribution in [2.45, 2.75) is 43.8 Å². The van der Waals surface area contributed by atoms with E-state index in [4.69, 9.17) is 11.6 Å². The Morgan fingerprint density at radius 2 is 2.13 bits per heavy atom. The number of hydrogen-bond donors (Lipinski definition) is 2. The molecular weight excluding hydrogens is 332 g/mol. The molecule has 1 heterocycles. The smallest absolute Gasteiger partial charge is 0.316 e. The molecule has 2 N–H and O–H groups in total. The van der Waals surface area contributed by atoms with Crippen LogP contribution in [0.3, 0.4) is 0 Å². The average molecular weight is 353 g/mol. The molecule has 23 heavy (non-hydrogen) atoms. The first-order valence-electron chi connectivity index (χ1n) is 7.71. The Morgan fingerprint density at radius 1 is 1.39 bits per heavy atom. The maximum atomic E-state index is 13.8. The zero-order chi connectivity index (χ0) is 17.1. The first-order valence-corrected chi connectivity index (χ1v) is 8.09. The normalized spacial score (nSPS) is 23.7. The van der Waals surface area contributed by atoms with Gasteiger partial charge in [-0.15, -0.1) is 0 Å². The van der Waals surface area contributed by atoms with E-state index in [0.29, 0.717) is 13.0 Å². The Bertz CT molecular complexity index is 527. The lowest BCUT2D eigenvalue weighted by Crippen LogP contribution is -2.47. The number of nitrogens with one attached hydrogen (secondary N) is 2. The molecule has 1 aliphatic heterocycles. The van der Waals surface area contributed by atoms with E-state index in [2.05, 4.69) is 10.6 Å². The van der Waals surface area contributed by atoms with Gasteiger partial charge >= 0.3 is 6.18 Å². The summed E-state index contributed by atoms with van der Waals surface area (Å²) < 4.78 is 51.6. The van der Waals surface area contributed by atoms with Gasteiger partial charge < -0.3 is 10.6 Å². The second-order valence-corrected chi connectivity index (χ2v) is 6.56. The number of halogens is 5. The fourth-order valence-corrected chi connectivity index (χ4v) is 3.16. The second-order valence-electron chi connectivity index (χ2n) is 6.16. The van der Waals surface area contributed by atoms with Gasteiger partial charge in [-0.25, -0.2) is 4.39 Å². The van der Waals surface area contributed by atoms with Crippen molar-refractivity contribution >= 4 is 11.6 Å². The molecule has 0 aromatic heterocycles. The van der Waals surface area contributed by atoms with Crippen LogP contribution in [0.4, 0.5) is 17.6 Å². The minimum absolute atomic E-state index is 0.0523. The molecule has 2 nitrogen and oxygen atoms in total. The van der Waals surface area contributed by atoms with E-state index in [9.17, 15) is 17.6 Å². The Kier molecular flexibility index (Phi) is 5.92. The summed E-state index contributed by atoms with van der Waals surface area (Å²) in [5.74, 6) is -0.495. The standard InChI is InChI=1S/C16H21ClF4N2/c1-11(16(19,20)21)23-8-6-15(5-2-7-22-10-15)12-3-4-13(17)14(18)9-12/h3-4,9,11,22-23H,2,5-8,10H2,1H3/t11-,15+/m0/s1. The molecule has 0 aliphatic carbocycles. The van der Waals surface area contributed by atoms with Gasteiger partial charge in [0.15, 0.2) is 0 Å². The van der Waals surface area contributed by atoms with E-state index in [1.54, 1.807) is 6.07 Å². The third-order valence-electron chi connectivity index (χ3n) is 4.55. The molecule has 1 aromatic carbocycles. The first kappa shape index (κ1) is 18.5. The third kappa shape index (κ3) is 4.58. The Morgan fingerprint density at radius 3 is 2.70 bits per heavy atom. The van der Waals surface area contributed by atoms with Gasteiger partial charge in [-0.05, 0) is 57.0 Å². The highest BCUT2D eigenvalue weighted by atomic mass is 35.5. The zero-order valence-electron chi connectivity index (χ0n) is 12.9. The van der Waals surface area contributed by atoms with Crippen LogP contribution in [0.2, 0.25) is 5.02 Å². The zero-order valence-corrected chi connectivity index (χ0v) is 13.7. The summed E-state index contributed by atoms with van der Waals surface area (Å²) in [6.07, 6.45) is -2.05. The topological polar surface area (TPSA) is 24.1 Å². The van der Waals surface area contributed by atoms with Crippen molar-refractivity contribution in [2.75, 3.05) is 19.6 Å². The van der Waals surface area contributed by atoms with Gasteiger partial charge in [-0.3, -0.25) is 0 Å². The van der Waals surface area contributed by atoms with Crippen LogP contribution >= 0.6 is 11.6 Å². The first-order chi connectivity index (χ1) is 10.7. The number of benzene rings is 1. The molecule has 0 radical (unpaired) electrons. The van der Waals surface area contributed by atoms with Crippen molar-refractivity contribution in [3.8, 4) is 0 Å². The summed E-state index contributed by atoms with van der Waals surface area (Å²) in [6.45, 7) is 2.81. The summed E-state index contributed by atoms with van der Waals surface area (Å²) >= 11 is 5.73. The number of alkyl halides is 3. The van der Waals surface area contributed by atoms with Crippen molar-refractivity contribution < 1.29 is 17.6 Å². The van der Waals surface area contributed by atoms with Gasteiger partial charge in [0, 0.05) is 12.0 Å². The molecule has 1 aromatic rings. The average Bonchev–Trinajstić information content (AvgIpc) is 2.50. The Labute approximate surface area is 138 Å². The summed E-state index contributed by atoms with van der Waals surface area (Å²) in [5.41, 5.74) is 0.412. The van der Waals surface area contributed by atoms with Crippen LogP contribution in [0, 0.1) is 5.82 Å². The lowest BCUT2D eigenvalue weighted by atomic mass is 9.72. The van der Waals surface area contributed by atoms with Crippen molar-refractivity contribution in [3.63, 3.8) is 0 Å². The number of rotatable bonds is 5. The lowest BCUT2D eigenvalue weighted by molar-refractivity contribution is -0.151. The van der Waals surface area contributed by atoms with Gasteiger partial charge in [0.25, 0.3) is 0 Å². The van der Waals surface area contributed by atoms with Crippen LogP contribution in [-0.4, -0.2) is 31.9 Å². The van der Waals surface area contributed by atoms with E-state index in [1.165, 1.54) is 12.1 Å². The van der Waals surface area contributed by atoms with Gasteiger partial charge in [-0.1, -0.05) is 17.7 Å². The Balaban J connectivity index is 2.11. The minimum Gasteiger partial charge on any atom is -0.316 e. The highest BCUT2D eigenvalue weighted by Gasteiger charge is 2.37. The molecule has 2 atom stereocenters. The molecule has 1 fully saturated rings. The van der Waals surface area contributed by atoms with Crippen LogP contribution in [0.15, 0.2) is 18.2 Å². The van der Waals surface area contributed by atoms with Crippen molar-refractivity contribution in [1.29, 1.82) is 0 Å². The van der Waals surface area contributed by atoms with Crippen LogP contribution < -0.4 is 10.6 Å². The molecule has 2 rings (SSSR count). The lowest BCUT2D eigenvalue weighted by Gasteiger charge is -2.39. The van der Waals surface area contributed by atoms with Crippen molar-refractivity contribution in [3.05, 3.63) is 34.6 Å². The SMILES string of the molecule is C[C@H](NCC[C@]1(c2ccc(Cl)c(F)c2)CCCNC1)C(F)(F)F. The third-order valence-corrected chi connectivity index (χ3v) is 4.86. The maximum Gasteiger partial charge on any atom is 0.403 e. The summed E-state index contributed by atoms with van der Waals surface area (Å²) in [6, 6.07) is 3.13. The molecular formula is C16H21ClF4N2. The van der Waals surface area contributed by atoms with E-state index in [0.717, 1.165) is 31.9 Å². The van der Waals surface area contributed by atoms with E-state index in [-0.39, 0.29) is 17.0 Å². The predicted octanol–water partition coefficient (Wildman–Crippen LogP) is 4.03. The van der Waals surface area contributed by atoms with Crippen LogP contribution in [0.25, 0.3) is 0 Å². The highest BCUT2D eigenvalue weighted by Crippen LogP contribution is 2.36. The quantitative estimate of drug-likeness (QED) is 0.782. The molecule has 0 spiro atoms. The van der Waals surface area contributed by atoms with Gasteiger partial charge in [0.05, 0.1) is 5.02 Å². The van der Waals surface area contributed by atoms with E-state index < -0.39 is 18.0 Å². The molecule has 130 valence electrons. The molecule has 1 aliphatic rings. The summed E-state index contributed by atoms with van der Waals surface area (Å²) in [5, 5.41) is 5.84. The van der Waals surface area contributed by atoms with Crippen molar-refractivity contribution in [1.82, 2.24) is 10.6 Å². The largest absolute Gasteiger partial charge is 0.403 e. The summed E-state index contributed by atoms with van der Waals surface area (Å²) in [4.78, 5) is 0. The summed E-state index contributed by atoms with van der Waals surface area (Å²) in [7, 11) is 0. The predicted molar refractivity (Wildman–Crippen MR) is 83.3 cm³/mol. The van der Waals surface area contributed by atoms with Crippen LogP contribution in [0.1, 0.15) is 31.7 Å². The van der Waals surface area contributed by atoms with Gasteiger partial charge in [-0.2, -0.15) is 13.2 Å². The maximum absolute atomic E-state index is 13.8. The molecule has 1 saturated heterocycles. The monoisotopic (exact) mass is 352 g/mol. The van der Waals surface area contributed by atoms with Crippen LogP contribution in [0.5, 0.6) is 0 Å². The number of hydrogen-bond acceptors (Lipinski definition) is 2. The van der Waals surface area contributed by atoms with Gasteiger partial charge in [0.2, 0.25) is 0 Å². The fraction of sp³-hybridized carbons (Fsp3) is 0.625. The van der Waals surface area contributed by atoms with Crippen LogP contribution in [-0.2, 0) is 5.41 Å². The number of piperidine rings is 1. The molecule has 0 saturated carbocycles. The molecule has 0 unspecified atom stereocenters. The van der Waals surface area contributed by atoms with Gasteiger partial charge in [0.1, 0.15) is 11.9 Å².